The lowest BCUT2D eigenvalue weighted by molar-refractivity contribution is -0.129. The fraction of sp³-hybridized carbons (Fsp3) is 0.483. The van der Waals surface area contributed by atoms with Gasteiger partial charge in [-0.1, -0.05) is 23.4 Å². The van der Waals surface area contributed by atoms with Gasteiger partial charge in [-0.2, -0.15) is 0 Å². The fourth-order valence-electron chi connectivity index (χ4n) is 5.68. The molecule has 0 unspecified atom stereocenters. The van der Waals surface area contributed by atoms with E-state index in [-0.39, 0.29) is 30.2 Å². The van der Waals surface area contributed by atoms with Crippen molar-refractivity contribution < 1.29 is 14.4 Å². The van der Waals surface area contributed by atoms with Gasteiger partial charge in [0.1, 0.15) is 0 Å². The molecule has 0 spiro atoms. The number of aromatic nitrogens is 2. The number of thioether (sulfide) groups is 1. The van der Waals surface area contributed by atoms with Gasteiger partial charge in [0.2, 0.25) is 0 Å². The number of fused-ring (bicyclic) bond motifs is 1. The highest BCUT2D eigenvalue weighted by Crippen LogP contribution is 2.37. The van der Waals surface area contributed by atoms with E-state index in [1.807, 2.05) is 44.4 Å². The second-order valence-corrected chi connectivity index (χ2v) is 11.2. The number of hydrogen-bond donors (Lipinski definition) is 2. The van der Waals surface area contributed by atoms with E-state index in [0.29, 0.717) is 30.3 Å². The van der Waals surface area contributed by atoms with Crippen LogP contribution in [0, 0.1) is 19.8 Å². The van der Waals surface area contributed by atoms with Crippen LogP contribution >= 0.6 is 11.8 Å². The SMILES string of the molecule is CSc1cc(C)[nH]c(=O)c1CNC(=O)c1c(C)n([C@H](C)C2CCC(=NOC3COC3)CC2)c2ccccc12. The summed E-state index contributed by atoms with van der Waals surface area (Å²) >= 11 is 1.51. The van der Waals surface area contributed by atoms with Crippen molar-refractivity contribution in [2.45, 2.75) is 70.0 Å². The molecule has 1 amide bonds. The topological polar surface area (TPSA) is 97.7 Å². The van der Waals surface area contributed by atoms with E-state index in [1.165, 1.54) is 11.8 Å². The Hall–Kier alpha value is -3.04. The van der Waals surface area contributed by atoms with Gasteiger partial charge in [0, 0.05) is 45.3 Å². The summed E-state index contributed by atoms with van der Waals surface area (Å²) in [5, 5.41) is 8.35. The number of aromatic amines is 1. The lowest BCUT2D eigenvalue weighted by atomic mass is 9.83. The van der Waals surface area contributed by atoms with E-state index >= 15 is 0 Å². The van der Waals surface area contributed by atoms with Gasteiger partial charge in [-0.3, -0.25) is 9.59 Å². The number of oxime groups is 1. The Kier molecular flexibility index (Phi) is 7.95. The number of benzene rings is 1. The maximum absolute atomic E-state index is 13.6. The number of amides is 1. The van der Waals surface area contributed by atoms with Crippen LogP contribution in [-0.4, -0.2) is 46.7 Å². The molecular weight excluding hydrogens is 500 g/mol. The zero-order chi connectivity index (χ0) is 26.8. The van der Waals surface area contributed by atoms with Gasteiger partial charge in [-0.25, -0.2) is 0 Å². The number of hydrogen-bond acceptors (Lipinski definition) is 6. The van der Waals surface area contributed by atoms with Gasteiger partial charge in [0.05, 0.1) is 24.5 Å². The quantitative estimate of drug-likeness (QED) is 0.308. The molecule has 5 rings (SSSR count). The predicted molar refractivity (Wildman–Crippen MR) is 151 cm³/mol. The van der Waals surface area contributed by atoms with Crippen LogP contribution in [0.25, 0.3) is 10.9 Å². The van der Waals surface area contributed by atoms with Crippen LogP contribution in [0.4, 0.5) is 0 Å². The Labute approximate surface area is 227 Å². The monoisotopic (exact) mass is 536 g/mol. The molecule has 2 N–H and O–H groups in total. The summed E-state index contributed by atoms with van der Waals surface area (Å²) in [6.45, 7) is 7.59. The number of carbonyl (C=O) groups is 1. The lowest BCUT2D eigenvalue weighted by Crippen LogP contribution is -2.35. The molecule has 0 radical (unpaired) electrons. The van der Waals surface area contributed by atoms with E-state index in [0.717, 1.165) is 58.6 Å². The fourth-order valence-corrected chi connectivity index (χ4v) is 6.38. The smallest absolute Gasteiger partial charge is 0.254 e. The van der Waals surface area contributed by atoms with Crippen molar-refractivity contribution >= 4 is 34.3 Å². The van der Waals surface area contributed by atoms with Crippen LogP contribution in [0.3, 0.4) is 0 Å². The zero-order valence-electron chi connectivity index (χ0n) is 22.5. The van der Waals surface area contributed by atoms with Crippen molar-refractivity contribution in [3.8, 4) is 0 Å². The maximum Gasteiger partial charge on any atom is 0.254 e. The summed E-state index contributed by atoms with van der Waals surface area (Å²) in [6, 6.07) is 10.3. The number of para-hydroxylation sites is 1. The molecule has 9 heteroatoms. The highest BCUT2D eigenvalue weighted by atomic mass is 32.2. The van der Waals surface area contributed by atoms with Crippen LogP contribution < -0.4 is 10.9 Å². The number of nitrogens with zero attached hydrogens (tertiary/aromatic N) is 2. The number of nitrogens with one attached hydrogen (secondary N) is 2. The first kappa shape index (κ1) is 26.6. The molecule has 2 fully saturated rings. The second-order valence-electron chi connectivity index (χ2n) is 10.4. The van der Waals surface area contributed by atoms with Crippen LogP contribution in [-0.2, 0) is 16.1 Å². The Balaban J connectivity index is 1.35. The van der Waals surface area contributed by atoms with E-state index in [1.54, 1.807) is 0 Å². The number of pyridine rings is 1. The molecule has 0 bridgehead atoms. The highest BCUT2D eigenvalue weighted by Gasteiger charge is 2.29. The van der Waals surface area contributed by atoms with Gasteiger partial charge >= 0.3 is 0 Å². The largest absolute Gasteiger partial charge is 0.388 e. The number of carbonyl (C=O) groups excluding carboxylic acids is 1. The third-order valence-corrected chi connectivity index (χ3v) is 8.70. The van der Waals surface area contributed by atoms with Crippen LogP contribution in [0.2, 0.25) is 0 Å². The molecule has 3 heterocycles. The molecule has 2 aliphatic rings. The van der Waals surface area contributed by atoms with Gasteiger partial charge < -0.3 is 24.4 Å². The molecule has 1 saturated heterocycles. The minimum absolute atomic E-state index is 0.106. The van der Waals surface area contributed by atoms with Crippen LogP contribution in [0.5, 0.6) is 0 Å². The van der Waals surface area contributed by atoms with Crippen LogP contribution in [0.1, 0.15) is 66.0 Å². The molecule has 202 valence electrons. The first-order chi connectivity index (χ1) is 18.4. The van der Waals surface area contributed by atoms with Crippen molar-refractivity contribution in [1.29, 1.82) is 0 Å². The third-order valence-electron chi connectivity index (χ3n) is 7.89. The molecule has 1 aliphatic heterocycles. The summed E-state index contributed by atoms with van der Waals surface area (Å²) in [5.74, 6) is 0.313. The van der Waals surface area contributed by atoms with Gasteiger partial charge in [0.15, 0.2) is 6.10 Å². The molecule has 3 aromatic rings. The first-order valence-electron chi connectivity index (χ1n) is 13.3. The number of ether oxygens (including phenoxy) is 1. The van der Waals surface area contributed by atoms with Crippen molar-refractivity contribution in [3.63, 3.8) is 0 Å². The summed E-state index contributed by atoms with van der Waals surface area (Å²) in [5.41, 5.74) is 5.05. The average molecular weight is 537 g/mol. The second kappa shape index (κ2) is 11.4. The number of rotatable bonds is 8. The summed E-state index contributed by atoms with van der Waals surface area (Å²) in [6.07, 6.45) is 5.97. The van der Waals surface area contributed by atoms with E-state index in [4.69, 9.17) is 9.57 Å². The van der Waals surface area contributed by atoms with Crippen LogP contribution in [0.15, 0.2) is 45.2 Å². The number of aryl methyl sites for hydroxylation is 1. The van der Waals surface area contributed by atoms with E-state index in [9.17, 15) is 9.59 Å². The highest BCUT2D eigenvalue weighted by molar-refractivity contribution is 7.98. The molecular formula is C29H36N4O4S. The number of H-pyrrole nitrogens is 1. The predicted octanol–water partition coefficient (Wildman–Crippen LogP) is 5.12. The van der Waals surface area contributed by atoms with Gasteiger partial charge in [0.25, 0.3) is 11.5 Å². The van der Waals surface area contributed by atoms with E-state index < -0.39 is 0 Å². The van der Waals surface area contributed by atoms with Crippen molar-refractivity contribution in [2.75, 3.05) is 19.5 Å². The minimum Gasteiger partial charge on any atom is -0.388 e. The minimum atomic E-state index is -0.160. The van der Waals surface area contributed by atoms with E-state index in [2.05, 4.69) is 33.0 Å². The third kappa shape index (κ3) is 5.27. The summed E-state index contributed by atoms with van der Waals surface area (Å²) in [7, 11) is 0. The van der Waals surface area contributed by atoms with Crippen molar-refractivity contribution in [2.24, 2.45) is 11.1 Å². The summed E-state index contributed by atoms with van der Waals surface area (Å²) in [4.78, 5) is 35.5. The van der Waals surface area contributed by atoms with Gasteiger partial charge in [-0.15, -0.1) is 11.8 Å². The maximum atomic E-state index is 13.6. The molecule has 1 atom stereocenters. The standard InChI is InChI=1S/C29H36N4O4S/c1-17-13-26(38-4)24(28(34)31-17)14-30-29(35)27-19(3)33(25-8-6-5-7-23(25)27)18(2)20-9-11-21(12-10-20)32-37-22-15-36-16-22/h5-8,13,18,20,22H,9-12,14-16H2,1-4H3,(H,30,35)(H,31,34)/t18-,20?/m1/s1. The Morgan fingerprint density at radius 1 is 1.26 bits per heavy atom. The molecule has 1 aromatic carbocycles. The lowest BCUT2D eigenvalue weighted by Gasteiger charge is -2.31. The van der Waals surface area contributed by atoms with Crippen molar-refractivity contribution in [1.82, 2.24) is 14.9 Å². The Morgan fingerprint density at radius 3 is 2.68 bits per heavy atom. The Morgan fingerprint density at radius 2 is 2.00 bits per heavy atom. The zero-order valence-corrected chi connectivity index (χ0v) is 23.3. The Bertz CT molecular complexity index is 1410. The summed E-state index contributed by atoms with van der Waals surface area (Å²) < 4.78 is 7.48. The average Bonchev–Trinajstić information content (AvgIpc) is 3.18. The molecule has 1 aliphatic carbocycles. The normalized spacial score (nSPS) is 18.7. The van der Waals surface area contributed by atoms with Crippen molar-refractivity contribution in [3.05, 3.63) is 63.2 Å². The molecule has 2 aromatic heterocycles. The molecule has 1 saturated carbocycles. The first-order valence-corrected chi connectivity index (χ1v) is 14.5. The molecule has 8 nitrogen and oxygen atoms in total. The molecule has 38 heavy (non-hydrogen) atoms. The van der Waals surface area contributed by atoms with Gasteiger partial charge in [-0.05, 0) is 70.8 Å².